The van der Waals surface area contributed by atoms with E-state index in [2.05, 4.69) is 21.2 Å². The molecule has 0 aromatic carbocycles. The number of hydrogen-bond donors (Lipinski definition) is 2. The summed E-state index contributed by atoms with van der Waals surface area (Å²) in [6, 6.07) is 1.83. The van der Waals surface area contributed by atoms with Crippen molar-refractivity contribution in [3.63, 3.8) is 0 Å². The zero-order valence-electron chi connectivity index (χ0n) is 9.55. The highest BCUT2D eigenvalue weighted by molar-refractivity contribution is 9.10. The molecule has 1 aromatic rings. The monoisotopic (exact) mass is 304 g/mol. The van der Waals surface area contributed by atoms with Crippen molar-refractivity contribution in [2.75, 3.05) is 6.54 Å². The first kappa shape index (κ1) is 13.7. The lowest BCUT2D eigenvalue weighted by Gasteiger charge is -2.31. The molecule has 3 nitrogen and oxygen atoms in total. The second-order valence-corrected chi connectivity index (χ2v) is 5.60. The predicted molar refractivity (Wildman–Crippen MR) is 71.9 cm³/mol. The molecule has 0 radical (unpaired) electrons. The Hall–Kier alpha value is -0.390. The molecule has 0 aliphatic heterocycles. The highest BCUT2D eigenvalue weighted by Gasteiger charge is 2.27. The van der Waals surface area contributed by atoms with Crippen LogP contribution in [0.25, 0.3) is 0 Å². The van der Waals surface area contributed by atoms with Gasteiger partial charge in [-0.15, -0.1) is 11.3 Å². The maximum absolute atomic E-state index is 12.0. The molecule has 1 heterocycles. The van der Waals surface area contributed by atoms with Gasteiger partial charge in [0.05, 0.1) is 10.4 Å². The van der Waals surface area contributed by atoms with Gasteiger partial charge >= 0.3 is 0 Å². The lowest BCUT2D eigenvalue weighted by atomic mass is 9.93. The van der Waals surface area contributed by atoms with Gasteiger partial charge in [-0.25, -0.2) is 0 Å². The summed E-state index contributed by atoms with van der Waals surface area (Å²) in [5, 5.41) is 4.93. The first-order chi connectivity index (χ1) is 7.56. The molecule has 5 heteroatoms. The number of halogens is 1. The molecule has 0 aliphatic carbocycles. The first-order valence-electron chi connectivity index (χ1n) is 5.33. The van der Waals surface area contributed by atoms with E-state index in [0.29, 0.717) is 11.4 Å². The summed E-state index contributed by atoms with van der Waals surface area (Å²) in [6.07, 6.45) is 1.69. The predicted octanol–water partition coefficient (Wildman–Crippen LogP) is 2.76. The van der Waals surface area contributed by atoms with Crippen molar-refractivity contribution in [2.45, 2.75) is 32.2 Å². The van der Waals surface area contributed by atoms with Crippen LogP contribution >= 0.6 is 27.3 Å². The maximum atomic E-state index is 12.0. The summed E-state index contributed by atoms with van der Waals surface area (Å²) in [5.41, 5.74) is 5.47. The lowest BCUT2D eigenvalue weighted by Crippen LogP contribution is -2.52. The normalized spacial score (nSPS) is 11.5. The molecule has 16 heavy (non-hydrogen) atoms. The van der Waals surface area contributed by atoms with E-state index >= 15 is 0 Å². The van der Waals surface area contributed by atoms with Crippen LogP contribution in [0.5, 0.6) is 0 Å². The van der Waals surface area contributed by atoms with Gasteiger partial charge in [0.1, 0.15) is 0 Å². The standard InChI is InChI=1S/C11H17BrN2OS/c1-3-11(4-2,7-13)14-10(15)9-5-8(12)6-16-9/h5-6H,3-4,7,13H2,1-2H3,(H,14,15). The van der Waals surface area contributed by atoms with Gasteiger partial charge in [-0.2, -0.15) is 0 Å². The molecular formula is C11H17BrN2OS. The highest BCUT2D eigenvalue weighted by atomic mass is 79.9. The Kier molecular flexibility index (Phi) is 4.95. The summed E-state index contributed by atoms with van der Waals surface area (Å²) < 4.78 is 0.939. The average molecular weight is 305 g/mol. The Labute approximate surface area is 109 Å². The van der Waals surface area contributed by atoms with E-state index in [4.69, 9.17) is 5.73 Å². The molecule has 1 rings (SSSR count). The van der Waals surface area contributed by atoms with Crippen LogP contribution in [0.2, 0.25) is 0 Å². The van der Waals surface area contributed by atoms with Crippen LogP contribution in [0.1, 0.15) is 36.4 Å². The Bertz CT molecular complexity index is 352. The van der Waals surface area contributed by atoms with Gasteiger partial charge in [0.15, 0.2) is 0 Å². The second-order valence-electron chi connectivity index (χ2n) is 3.77. The van der Waals surface area contributed by atoms with Crippen LogP contribution in [0.15, 0.2) is 15.9 Å². The number of carbonyl (C=O) groups is 1. The van der Waals surface area contributed by atoms with Gasteiger partial charge in [-0.3, -0.25) is 4.79 Å². The van der Waals surface area contributed by atoms with E-state index in [1.165, 1.54) is 11.3 Å². The van der Waals surface area contributed by atoms with Crippen molar-refractivity contribution in [3.8, 4) is 0 Å². The van der Waals surface area contributed by atoms with E-state index in [1.54, 1.807) is 0 Å². The van der Waals surface area contributed by atoms with Crippen molar-refractivity contribution >= 4 is 33.2 Å². The number of nitrogens with one attached hydrogen (secondary N) is 1. The zero-order valence-corrected chi connectivity index (χ0v) is 12.0. The van der Waals surface area contributed by atoms with Gasteiger partial charge < -0.3 is 11.1 Å². The highest BCUT2D eigenvalue weighted by Crippen LogP contribution is 2.21. The molecule has 0 saturated heterocycles. The van der Waals surface area contributed by atoms with Gasteiger partial charge in [0.2, 0.25) is 0 Å². The molecule has 0 aliphatic rings. The average Bonchev–Trinajstić information content (AvgIpc) is 2.73. The van der Waals surface area contributed by atoms with Crippen LogP contribution in [0.3, 0.4) is 0 Å². The Balaban J connectivity index is 2.76. The number of rotatable bonds is 5. The SMILES string of the molecule is CCC(CC)(CN)NC(=O)c1cc(Br)cs1. The molecule has 0 atom stereocenters. The minimum absolute atomic E-state index is 0.0372. The van der Waals surface area contributed by atoms with Gasteiger partial charge in [0.25, 0.3) is 5.91 Å². The quantitative estimate of drug-likeness (QED) is 0.879. The molecular weight excluding hydrogens is 288 g/mol. The molecule has 0 fully saturated rings. The van der Waals surface area contributed by atoms with Crippen LogP contribution in [-0.4, -0.2) is 18.0 Å². The molecule has 0 bridgehead atoms. The van der Waals surface area contributed by atoms with Crippen molar-refractivity contribution in [3.05, 3.63) is 20.8 Å². The van der Waals surface area contributed by atoms with Crippen molar-refractivity contribution < 1.29 is 4.79 Å². The lowest BCUT2D eigenvalue weighted by molar-refractivity contribution is 0.0899. The summed E-state index contributed by atoms with van der Waals surface area (Å²) in [4.78, 5) is 12.7. The molecule has 90 valence electrons. The number of carbonyl (C=O) groups excluding carboxylic acids is 1. The van der Waals surface area contributed by atoms with Crippen molar-refractivity contribution in [1.82, 2.24) is 5.32 Å². The van der Waals surface area contributed by atoms with Gasteiger partial charge in [0, 0.05) is 16.4 Å². The largest absolute Gasteiger partial charge is 0.345 e. The minimum atomic E-state index is -0.270. The molecule has 0 unspecified atom stereocenters. The number of hydrogen-bond acceptors (Lipinski definition) is 3. The molecule has 1 aromatic heterocycles. The molecule has 0 saturated carbocycles. The van der Waals surface area contributed by atoms with E-state index in [9.17, 15) is 4.79 Å². The zero-order chi connectivity index (χ0) is 12.2. The van der Waals surface area contributed by atoms with Crippen LogP contribution in [0, 0.1) is 0 Å². The third-order valence-electron chi connectivity index (χ3n) is 2.91. The molecule has 3 N–H and O–H groups in total. The van der Waals surface area contributed by atoms with Crippen LogP contribution < -0.4 is 11.1 Å². The van der Waals surface area contributed by atoms with E-state index < -0.39 is 0 Å². The molecule has 0 spiro atoms. The topological polar surface area (TPSA) is 55.1 Å². The van der Waals surface area contributed by atoms with E-state index in [0.717, 1.165) is 17.3 Å². The third kappa shape index (κ3) is 3.06. The summed E-state index contributed by atoms with van der Waals surface area (Å²) in [6.45, 7) is 4.56. The Morgan fingerprint density at radius 3 is 2.56 bits per heavy atom. The Morgan fingerprint density at radius 1 is 1.56 bits per heavy atom. The summed E-state index contributed by atoms with van der Waals surface area (Å²) >= 11 is 4.77. The first-order valence-corrected chi connectivity index (χ1v) is 7.00. The summed E-state index contributed by atoms with van der Waals surface area (Å²) in [7, 11) is 0. The van der Waals surface area contributed by atoms with Crippen molar-refractivity contribution in [2.24, 2.45) is 5.73 Å². The fourth-order valence-corrected chi connectivity index (χ4v) is 2.82. The van der Waals surface area contributed by atoms with Crippen LogP contribution in [-0.2, 0) is 0 Å². The van der Waals surface area contributed by atoms with Crippen molar-refractivity contribution in [1.29, 1.82) is 0 Å². The summed E-state index contributed by atoms with van der Waals surface area (Å²) in [5.74, 6) is -0.0372. The maximum Gasteiger partial charge on any atom is 0.261 e. The van der Waals surface area contributed by atoms with Crippen LogP contribution in [0.4, 0.5) is 0 Å². The second kappa shape index (κ2) is 5.80. The van der Waals surface area contributed by atoms with Gasteiger partial charge in [-0.1, -0.05) is 13.8 Å². The van der Waals surface area contributed by atoms with Gasteiger partial charge in [-0.05, 0) is 34.8 Å². The van der Waals surface area contributed by atoms with E-state index in [-0.39, 0.29) is 11.4 Å². The Morgan fingerprint density at radius 2 is 2.19 bits per heavy atom. The number of thiophene rings is 1. The minimum Gasteiger partial charge on any atom is -0.345 e. The third-order valence-corrected chi connectivity index (χ3v) is 4.60. The smallest absolute Gasteiger partial charge is 0.261 e. The fourth-order valence-electron chi connectivity index (χ4n) is 1.50. The van der Waals surface area contributed by atoms with E-state index in [1.807, 2.05) is 25.3 Å². The fraction of sp³-hybridized carbons (Fsp3) is 0.545. The number of amides is 1. The molecule has 1 amide bonds. The number of nitrogens with two attached hydrogens (primary N) is 1.